The molecule has 0 saturated carbocycles. The van der Waals surface area contributed by atoms with E-state index >= 15 is 0 Å². The SMILES string of the molecule is c1ccc(-c2nc(-c3ccc4c(c3)oc3ccccc34)nc(-c3ccc4c(c3)sc3c(-c5ccccc5-c5cccc6c5sc5ccccc56)cccc34)n2)cc1. The minimum absolute atomic E-state index is 0.602. The minimum Gasteiger partial charge on any atom is -0.456 e. The van der Waals surface area contributed by atoms with Crippen LogP contribution in [0.4, 0.5) is 0 Å². The fraction of sp³-hybridized carbons (Fsp3) is 0. The van der Waals surface area contributed by atoms with Gasteiger partial charge in [-0.25, -0.2) is 15.0 Å². The number of fused-ring (bicyclic) bond motifs is 9. The van der Waals surface area contributed by atoms with E-state index in [9.17, 15) is 0 Å². The molecule has 0 aliphatic rings. The summed E-state index contributed by atoms with van der Waals surface area (Å²) in [4.78, 5) is 15.2. The molecule has 0 unspecified atom stereocenters. The zero-order valence-corrected chi connectivity index (χ0v) is 31.9. The average Bonchev–Trinajstić information content (AvgIpc) is 3.97. The Balaban J connectivity index is 1.00. The smallest absolute Gasteiger partial charge is 0.164 e. The van der Waals surface area contributed by atoms with Crippen molar-refractivity contribution >= 4 is 85.0 Å². The summed E-state index contributed by atoms with van der Waals surface area (Å²) in [5, 5.41) is 7.25. The molecule has 12 rings (SSSR count). The molecular formula is C51H29N3OS2. The molecular weight excluding hydrogens is 735 g/mol. The molecule has 0 radical (unpaired) electrons. The molecule has 0 aliphatic carbocycles. The van der Waals surface area contributed by atoms with Crippen molar-refractivity contribution in [3.05, 3.63) is 176 Å². The molecule has 0 bridgehead atoms. The molecule has 0 amide bonds. The van der Waals surface area contributed by atoms with Crippen LogP contribution in [0.5, 0.6) is 0 Å². The normalized spacial score (nSPS) is 11.9. The van der Waals surface area contributed by atoms with Crippen molar-refractivity contribution in [3.63, 3.8) is 0 Å². The highest BCUT2D eigenvalue weighted by molar-refractivity contribution is 7.26. The summed E-state index contributed by atoms with van der Waals surface area (Å²) in [7, 11) is 0. The van der Waals surface area contributed by atoms with Gasteiger partial charge in [0.15, 0.2) is 17.5 Å². The van der Waals surface area contributed by atoms with E-state index in [1.807, 2.05) is 77.3 Å². The number of benzene rings is 8. The van der Waals surface area contributed by atoms with Gasteiger partial charge in [-0.05, 0) is 41.5 Å². The summed E-state index contributed by atoms with van der Waals surface area (Å²) < 4.78 is 11.3. The summed E-state index contributed by atoms with van der Waals surface area (Å²) in [6.07, 6.45) is 0. The summed E-state index contributed by atoms with van der Waals surface area (Å²) in [5.41, 5.74) is 9.40. The minimum atomic E-state index is 0.602. The molecule has 4 nitrogen and oxygen atoms in total. The molecule has 8 aromatic carbocycles. The molecule has 266 valence electrons. The summed E-state index contributed by atoms with van der Waals surface area (Å²) >= 11 is 3.70. The van der Waals surface area contributed by atoms with Crippen LogP contribution in [-0.2, 0) is 0 Å². The fourth-order valence-corrected chi connectivity index (χ4v) is 10.8. The number of hydrogen-bond donors (Lipinski definition) is 0. The number of hydrogen-bond acceptors (Lipinski definition) is 6. The summed E-state index contributed by atoms with van der Waals surface area (Å²) in [6, 6.07) is 62.1. The van der Waals surface area contributed by atoms with Gasteiger partial charge in [-0.3, -0.25) is 0 Å². The van der Waals surface area contributed by atoms with Gasteiger partial charge in [0, 0.05) is 78.9 Å². The van der Waals surface area contributed by atoms with Crippen molar-refractivity contribution in [2.75, 3.05) is 0 Å². The number of rotatable bonds is 5. The van der Waals surface area contributed by atoms with Gasteiger partial charge in [0.1, 0.15) is 11.2 Å². The number of nitrogens with zero attached hydrogens (tertiary/aromatic N) is 3. The molecule has 0 spiro atoms. The predicted octanol–water partition coefficient (Wildman–Crippen LogP) is 14.8. The molecule has 0 saturated heterocycles. The van der Waals surface area contributed by atoms with Crippen molar-refractivity contribution in [1.29, 1.82) is 0 Å². The highest BCUT2D eigenvalue weighted by Gasteiger charge is 2.19. The molecule has 57 heavy (non-hydrogen) atoms. The van der Waals surface area contributed by atoms with Gasteiger partial charge in [-0.2, -0.15) is 0 Å². The van der Waals surface area contributed by atoms with Gasteiger partial charge < -0.3 is 4.42 Å². The first-order chi connectivity index (χ1) is 28.2. The van der Waals surface area contributed by atoms with Gasteiger partial charge in [-0.1, -0.05) is 146 Å². The van der Waals surface area contributed by atoms with Gasteiger partial charge in [0.05, 0.1) is 0 Å². The van der Waals surface area contributed by atoms with E-state index in [0.717, 1.165) is 38.6 Å². The number of aromatic nitrogens is 3. The van der Waals surface area contributed by atoms with E-state index in [0.29, 0.717) is 17.5 Å². The third kappa shape index (κ3) is 5.22. The van der Waals surface area contributed by atoms with Gasteiger partial charge in [-0.15, -0.1) is 22.7 Å². The lowest BCUT2D eigenvalue weighted by atomic mass is 9.93. The Hall–Kier alpha value is -6.99. The Morgan fingerprint density at radius 3 is 1.53 bits per heavy atom. The van der Waals surface area contributed by atoms with E-state index in [2.05, 4.69) is 121 Å². The number of thiophene rings is 2. The lowest BCUT2D eigenvalue weighted by Crippen LogP contribution is -2.00. The third-order valence-electron chi connectivity index (χ3n) is 11.0. The predicted molar refractivity (Wildman–Crippen MR) is 240 cm³/mol. The summed E-state index contributed by atoms with van der Waals surface area (Å²) in [5.74, 6) is 1.86. The maximum absolute atomic E-state index is 6.26. The van der Waals surface area contributed by atoms with Crippen molar-refractivity contribution in [2.24, 2.45) is 0 Å². The lowest BCUT2D eigenvalue weighted by Gasteiger charge is -2.12. The van der Waals surface area contributed by atoms with Crippen LogP contribution >= 0.6 is 22.7 Å². The van der Waals surface area contributed by atoms with Crippen LogP contribution in [0, 0.1) is 0 Å². The Morgan fingerprint density at radius 2 is 0.807 bits per heavy atom. The largest absolute Gasteiger partial charge is 0.456 e. The number of para-hydroxylation sites is 1. The van der Waals surface area contributed by atoms with Crippen LogP contribution in [0.3, 0.4) is 0 Å². The van der Waals surface area contributed by atoms with Gasteiger partial charge in [0.25, 0.3) is 0 Å². The van der Waals surface area contributed by atoms with E-state index in [1.54, 1.807) is 0 Å². The standard InChI is InChI=1S/C51H29N3OS2/c1-2-12-30(13-3-1)49-52-50(31-24-26-36-35-16-6-8-22-43(35)55-44(36)28-31)54-51(53-49)32-25-27-38-42-21-11-19-40(48(42)57-46(38)29-32)34-15-5-4-14-33(34)39-18-10-20-41-37-17-7-9-23-45(37)56-47(39)41/h1-29H. The van der Waals surface area contributed by atoms with Crippen molar-refractivity contribution in [3.8, 4) is 56.4 Å². The van der Waals surface area contributed by atoms with Crippen molar-refractivity contribution in [1.82, 2.24) is 15.0 Å². The zero-order chi connectivity index (χ0) is 37.5. The monoisotopic (exact) mass is 763 g/mol. The van der Waals surface area contributed by atoms with Crippen molar-refractivity contribution < 1.29 is 4.42 Å². The second kappa shape index (κ2) is 12.8. The van der Waals surface area contributed by atoms with Crippen molar-refractivity contribution in [2.45, 2.75) is 0 Å². The quantitative estimate of drug-likeness (QED) is 0.175. The summed E-state index contributed by atoms with van der Waals surface area (Å²) in [6.45, 7) is 0. The zero-order valence-electron chi connectivity index (χ0n) is 30.3. The van der Waals surface area contributed by atoms with Crippen LogP contribution in [0.25, 0.3) is 119 Å². The number of furan rings is 1. The van der Waals surface area contributed by atoms with E-state index in [-0.39, 0.29) is 0 Å². The van der Waals surface area contributed by atoms with Crippen LogP contribution in [0.2, 0.25) is 0 Å². The molecule has 6 heteroatoms. The topological polar surface area (TPSA) is 51.8 Å². The Bertz CT molecular complexity index is 3540. The third-order valence-corrected chi connectivity index (χ3v) is 13.4. The molecule has 0 fully saturated rings. The van der Waals surface area contributed by atoms with Crippen LogP contribution < -0.4 is 0 Å². The van der Waals surface area contributed by atoms with E-state index in [4.69, 9.17) is 19.4 Å². The Morgan fingerprint density at radius 1 is 0.316 bits per heavy atom. The van der Waals surface area contributed by atoms with Gasteiger partial charge >= 0.3 is 0 Å². The highest BCUT2D eigenvalue weighted by atomic mass is 32.1. The molecule has 12 aromatic rings. The molecule has 0 aliphatic heterocycles. The molecule has 0 atom stereocenters. The van der Waals surface area contributed by atoms with Crippen LogP contribution in [0.15, 0.2) is 180 Å². The first-order valence-corrected chi connectivity index (χ1v) is 20.6. The molecule has 0 N–H and O–H groups in total. The maximum atomic E-state index is 6.26. The van der Waals surface area contributed by atoms with Crippen LogP contribution in [-0.4, -0.2) is 15.0 Å². The average molecular weight is 764 g/mol. The van der Waals surface area contributed by atoms with Crippen LogP contribution in [0.1, 0.15) is 0 Å². The first-order valence-electron chi connectivity index (χ1n) is 18.9. The molecule has 4 heterocycles. The second-order valence-electron chi connectivity index (χ2n) is 14.3. The second-order valence-corrected chi connectivity index (χ2v) is 16.4. The van der Waals surface area contributed by atoms with E-state index in [1.165, 1.54) is 62.6 Å². The molecule has 4 aromatic heterocycles. The Labute approximate surface area is 335 Å². The lowest BCUT2D eigenvalue weighted by molar-refractivity contribution is 0.669. The maximum Gasteiger partial charge on any atom is 0.164 e. The Kier molecular flexibility index (Phi) is 7.24. The highest BCUT2D eigenvalue weighted by Crippen LogP contribution is 2.46. The van der Waals surface area contributed by atoms with E-state index < -0.39 is 0 Å². The first kappa shape index (κ1) is 32.3. The van der Waals surface area contributed by atoms with Gasteiger partial charge in [0.2, 0.25) is 0 Å². The fourth-order valence-electron chi connectivity index (χ4n) is 8.28.